The molecule has 0 saturated carbocycles. The second-order valence-electron chi connectivity index (χ2n) is 7.07. The molecule has 0 unspecified atom stereocenters. The number of carbonyl (C=O) groups excluding carboxylic acids is 2. The number of methoxy groups -OCH3 is 1. The van der Waals surface area contributed by atoms with Crippen LogP contribution in [0.5, 0.6) is 5.75 Å². The fourth-order valence-corrected chi connectivity index (χ4v) is 3.34. The Morgan fingerprint density at radius 2 is 1.94 bits per heavy atom. The number of ether oxygens (including phenoxy) is 1. The molecule has 1 fully saturated rings. The fraction of sp³-hybridized carbons (Fsp3) is 0.174. The summed E-state index contributed by atoms with van der Waals surface area (Å²) in [5, 5.41) is 2.78. The highest BCUT2D eigenvalue weighted by atomic mass is 19.1. The number of amides is 3. The smallest absolute Gasteiger partial charge is 0.326 e. The third kappa shape index (κ3) is 4.63. The lowest BCUT2D eigenvalue weighted by atomic mass is 10.2. The Bertz CT molecular complexity index is 1090. The van der Waals surface area contributed by atoms with Crippen LogP contribution in [0.2, 0.25) is 0 Å². The van der Waals surface area contributed by atoms with Crippen LogP contribution in [-0.2, 0) is 6.54 Å². The Morgan fingerprint density at radius 1 is 1.13 bits per heavy atom. The summed E-state index contributed by atoms with van der Waals surface area (Å²) >= 11 is 0. The molecule has 2 aromatic carbocycles. The molecule has 1 aliphatic heterocycles. The standard InChI is InChI=1S/C23H21FN4O3/c1-31-20-4-2-3-17(13-20)22(29)26-19-9-10-21(25-14-19)28-12-11-27(23(28)30)15-16-5-7-18(24)8-6-16/h2-10,13-14H,11-12,15H2,1H3,(H,26,29). The molecule has 0 bridgehead atoms. The van der Waals surface area contributed by atoms with E-state index in [2.05, 4.69) is 10.3 Å². The summed E-state index contributed by atoms with van der Waals surface area (Å²) in [5.41, 5.74) is 1.85. The zero-order valence-corrected chi connectivity index (χ0v) is 16.9. The molecule has 2 heterocycles. The molecule has 1 saturated heterocycles. The number of nitrogens with zero attached hydrogens (tertiary/aromatic N) is 3. The highest BCUT2D eigenvalue weighted by Gasteiger charge is 2.30. The quantitative estimate of drug-likeness (QED) is 0.656. The SMILES string of the molecule is COc1cccc(C(=O)Nc2ccc(N3CCN(Cc4ccc(F)cc4)C3=O)nc2)c1. The number of pyridine rings is 1. The Balaban J connectivity index is 1.39. The number of halogens is 1. The van der Waals surface area contributed by atoms with Crippen LogP contribution in [-0.4, -0.2) is 42.0 Å². The molecule has 31 heavy (non-hydrogen) atoms. The molecule has 0 aliphatic carbocycles. The second-order valence-corrected chi connectivity index (χ2v) is 7.07. The van der Waals surface area contributed by atoms with Gasteiger partial charge in [-0.2, -0.15) is 0 Å². The number of aromatic nitrogens is 1. The molecule has 7 nitrogen and oxygen atoms in total. The summed E-state index contributed by atoms with van der Waals surface area (Å²) in [6, 6.07) is 16.2. The number of benzene rings is 2. The van der Waals surface area contributed by atoms with E-state index in [-0.39, 0.29) is 17.8 Å². The van der Waals surface area contributed by atoms with E-state index in [1.807, 2.05) is 0 Å². The first kappa shape index (κ1) is 20.3. The van der Waals surface area contributed by atoms with E-state index in [1.54, 1.807) is 65.4 Å². The average molecular weight is 420 g/mol. The normalized spacial score (nSPS) is 13.4. The van der Waals surface area contributed by atoms with E-state index in [0.717, 1.165) is 5.56 Å². The maximum Gasteiger partial charge on any atom is 0.326 e. The maximum atomic E-state index is 13.1. The number of anilines is 2. The lowest BCUT2D eigenvalue weighted by Crippen LogP contribution is -2.31. The van der Waals surface area contributed by atoms with Crippen LogP contribution in [0.3, 0.4) is 0 Å². The van der Waals surface area contributed by atoms with Gasteiger partial charge in [0, 0.05) is 25.2 Å². The summed E-state index contributed by atoms with van der Waals surface area (Å²) < 4.78 is 18.2. The van der Waals surface area contributed by atoms with Crippen LogP contribution < -0.4 is 15.0 Å². The van der Waals surface area contributed by atoms with Gasteiger partial charge >= 0.3 is 6.03 Å². The Morgan fingerprint density at radius 3 is 2.65 bits per heavy atom. The zero-order chi connectivity index (χ0) is 21.8. The third-order valence-corrected chi connectivity index (χ3v) is 5.00. The van der Waals surface area contributed by atoms with Gasteiger partial charge in [0.05, 0.1) is 19.0 Å². The molecule has 3 amide bonds. The Kier molecular flexibility index (Phi) is 5.79. The number of urea groups is 1. The van der Waals surface area contributed by atoms with Crippen molar-refractivity contribution in [3.8, 4) is 5.75 Å². The minimum absolute atomic E-state index is 0.162. The van der Waals surface area contributed by atoms with E-state index in [9.17, 15) is 14.0 Å². The molecule has 158 valence electrons. The van der Waals surface area contributed by atoms with Gasteiger partial charge in [0.25, 0.3) is 5.91 Å². The molecular formula is C23H21FN4O3. The van der Waals surface area contributed by atoms with Gasteiger partial charge in [0.15, 0.2) is 0 Å². The summed E-state index contributed by atoms with van der Waals surface area (Å²) in [6.45, 7) is 1.46. The fourth-order valence-electron chi connectivity index (χ4n) is 3.34. The lowest BCUT2D eigenvalue weighted by Gasteiger charge is -2.18. The van der Waals surface area contributed by atoms with Gasteiger partial charge in [-0.15, -0.1) is 0 Å². The topological polar surface area (TPSA) is 74.8 Å². The van der Waals surface area contributed by atoms with Crippen LogP contribution in [0, 0.1) is 5.82 Å². The molecular weight excluding hydrogens is 399 g/mol. The molecule has 1 aromatic heterocycles. The van der Waals surface area contributed by atoms with E-state index < -0.39 is 0 Å². The average Bonchev–Trinajstić information content (AvgIpc) is 3.16. The van der Waals surface area contributed by atoms with E-state index in [4.69, 9.17) is 4.74 Å². The summed E-state index contributed by atoms with van der Waals surface area (Å²) in [6.07, 6.45) is 1.52. The van der Waals surface area contributed by atoms with Crippen LogP contribution in [0.25, 0.3) is 0 Å². The second kappa shape index (κ2) is 8.83. The Labute approximate surface area is 179 Å². The molecule has 1 N–H and O–H groups in total. The van der Waals surface area contributed by atoms with Gasteiger partial charge in [0.2, 0.25) is 0 Å². The van der Waals surface area contributed by atoms with Crippen molar-refractivity contribution in [1.82, 2.24) is 9.88 Å². The van der Waals surface area contributed by atoms with Crippen molar-refractivity contribution in [2.45, 2.75) is 6.54 Å². The first-order valence-electron chi connectivity index (χ1n) is 9.76. The van der Waals surface area contributed by atoms with Gasteiger partial charge in [-0.25, -0.2) is 14.2 Å². The lowest BCUT2D eigenvalue weighted by molar-refractivity contribution is 0.102. The molecule has 0 radical (unpaired) electrons. The third-order valence-electron chi connectivity index (χ3n) is 5.00. The van der Waals surface area contributed by atoms with E-state index in [0.29, 0.717) is 42.5 Å². The molecule has 0 spiro atoms. The summed E-state index contributed by atoms with van der Waals surface area (Å²) in [4.78, 5) is 32.8. The molecule has 3 aromatic rings. The number of hydrogen-bond acceptors (Lipinski definition) is 4. The van der Waals surface area contributed by atoms with Crippen molar-refractivity contribution in [1.29, 1.82) is 0 Å². The predicted molar refractivity (Wildman–Crippen MR) is 115 cm³/mol. The number of nitrogens with one attached hydrogen (secondary N) is 1. The van der Waals surface area contributed by atoms with Gasteiger partial charge < -0.3 is 15.0 Å². The Hall–Kier alpha value is -3.94. The van der Waals surface area contributed by atoms with Crippen molar-refractivity contribution >= 4 is 23.4 Å². The zero-order valence-electron chi connectivity index (χ0n) is 16.9. The van der Waals surface area contributed by atoms with Crippen LogP contribution in [0.1, 0.15) is 15.9 Å². The number of hydrogen-bond donors (Lipinski definition) is 1. The van der Waals surface area contributed by atoms with Crippen LogP contribution in [0.15, 0.2) is 66.9 Å². The van der Waals surface area contributed by atoms with Crippen molar-refractivity contribution < 1.29 is 18.7 Å². The monoisotopic (exact) mass is 420 g/mol. The molecule has 0 atom stereocenters. The van der Waals surface area contributed by atoms with Crippen LogP contribution in [0.4, 0.5) is 20.7 Å². The summed E-state index contributed by atoms with van der Waals surface area (Å²) in [5.74, 6) is 0.516. The van der Waals surface area contributed by atoms with E-state index in [1.165, 1.54) is 18.3 Å². The predicted octanol–water partition coefficient (Wildman–Crippen LogP) is 3.92. The maximum absolute atomic E-state index is 13.1. The van der Waals surface area contributed by atoms with Gasteiger partial charge in [-0.3, -0.25) is 9.69 Å². The van der Waals surface area contributed by atoms with Crippen molar-refractivity contribution in [2.24, 2.45) is 0 Å². The molecule has 1 aliphatic rings. The number of rotatable bonds is 6. The summed E-state index contributed by atoms with van der Waals surface area (Å²) in [7, 11) is 1.54. The van der Waals surface area contributed by atoms with Gasteiger partial charge in [-0.1, -0.05) is 18.2 Å². The van der Waals surface area contributed by atoms with Gasteiger partial charge in [-0.05, 0) is 48.0 Å². The highest BCUT2D eigenvalue weighted by molar-refractivity contribution is 6.04. The van der Waals surface area contributed by atoms with Crippen molar-refractivity contribution in [3.63, 3.8) is 0 Å². The minimum Gasteiger partial charge on any atom is -0.497 e. The first-order chi connectivity index (χ1) is 15.0. The van der Waals surface area contributed by atoms with E-state index >= 15 is 0 Å². The van der Waals surface area contributed by atoms with Crippen molar-refractivity contribution in [2.75, 3.05) is 30.4 Å². The van der Waals surface area contributed by atoms with Crippen LogP contribution >= 0.6 is 0 Å². The molecule has 4 rings (SSSR count). The highest BCUT2D eigenvalue weighted by Crippen LogP contribution is 2.22. The van der Waals surface area contributed by atoms with Gasteiger partial charge in [0.1, 0.15) is 17.4 Å². The molecule has 8 heteroatoms. The van der Waals surface area contributed by atoms with Crippen molar-refractivity contribution in [3.05, 3.63) is 83.8 Å². The largest absolute Gasteiger partial charge is 0.497 e. The first-order valence-corrected chi connectivity index (χ1v) is 9.76. The minimum atomic E-state index is -0.305. The number of carbonyl (C=O) groups is 2.